The summed E-state index contributed by atoms with van der Waals surface area (Å²) < 4.78 is 5.70. The topological polar surface area (TPSA) is 70.6 Å². The van der Waals surface area contributed by atoms with Crippen molar-refractivity contribution in [1.82, 2.24) is 15.6 Å². The van der Waals surface area contributed by atoms with E-state index < -0.39 is 0 Å². The van der Waals surface area contributed by atoms with Crippen molar-refractivity contribution in [1.29, 1.82) is 0 Å². The minimum atomic E-state index is 0.595. The maximum absolute atomic E-state index is 5.70. The summed E-state index contributed by atoms with van der Waals surface area (Å²) >= 11 is 0. The van der Waals surface area contributed by atoms with Crippen LogP contribution in [-0.2, 0) is 0 Å². The second-order valence-electron chi connectivity index (χ2n) is 5.94. The lowest BCUT2D eigenvalue weighted by atomic mass is 10.2. The molecule has 0 radical (unpaired) electrons. The Balaban J connectivity index is 1.50. The van der Waals surface area contributed by atoms with Crippen molar-refractivity contribution in [3.05, 3.63) is 54.2 Å². The molecule has 2 aromatic rings. The van der Waals surface area contributed by atoms with Crippen LogP contribution >= 0.6 is 0 Å². The number of guanidine groups is 1. The highest BCUT2D eigenvalue weighted by Crippen LogP contribution is 2.10. The summed E-state index contributed by atoms with van der Waals surface area (Å²) in [6.07, 6.45) is 3.92. The van der Waals surface area contributed by atoms with E-state index in [1.165, 1.54) is 5.56 Å². The first-order valence-corrected chi connectivity index (χ1v) is 9.07. The van der Waals surface area contributed by atoms with Crippen LogP contribution in [0.25, 0.3) is 0 Å². The van der Waals surface area contributed by atoms with Gasteiger partial charge in [-0.25, -0.2) is 4.98 Å². The van der Waals surface area contributed by atoms with Crippen LogP contribution in [-0.4, -0.2) is 44.2 Å². The molecule has 140 valence electrons. The molecule has 0 unspecified atom stereocenters. The van der Waals surface area contributed by atoms with Crippen LogP contribution in [0.4, 0.5) is 5.82 Å². The third-order valence-electron chi connectivity index (χ3n) is 3.77. The number of ether oxygens (including phenoxy) is 1. The molecule has 0 aliphatic rings. The third-order valence-corrected chi connectivity index (χ3v) is 3.77. The number of pyridine rings is 1. The number of hydrogen-bond acceptors (Lipinski definition) is 4. The smallest absolute Gasteiger partial charge is 0.191 e. The van der Waals surface area contributed by atoms with Gasteiger partial charge in [0.2, 0.25) is 0 Å². The Hall–Kier alpha value is -2.76. The molecule has 6 heteroatoms. The van der Waals surface area contributed by atoms with E-state index in [1.807, 2.05) is 42.5 Å². The van der Waals surface area contributed by atoms with Crippen LogP contribution in [0.3, 0.4) is 0 Å². The van der Waals surface area contributed by atoms with Crippen LogP contribution in [0.15, 0.2) is 53.7 Å². The second kappa shape index (κ2) is 11.7. The summed E-state index contributed by atoms with van der Waals surface area (Å²) in [4.78, 5) is 8.46. The van der Waals surface area contributed by atoms with Gasteiger partial charge in [-0.3, -0.25) is 4.99 Å². The standard InChI is InChI=1S/C20H29N5O/c1-17-8-10-18(11-9-17)26-16-15-25-20(21-2)24-14-6-5-13-23-19-7-3-4-12-22-19/h3-4,7-12H,5-6,13-16H2,1-2H3,(H,22,23)(H2,21,24,25). The number of aromatic nitrogens is 1. The lowest BCUT2D eigenvalue weighted by Crippen LogP contribution is -2.39. The van der Waals surface area contributed by atoms with Gasteiger partial charge in [0, 0.05) is 26.3 Å². The summed E-state index contributed by atoms with van der Waals surface area (Å²) in [6.45, 7) is 5.15. The average molecular weight is 355 g/mol. The van der Waals surface area contributed by atoms with E-state index in [4.69, 9.17) is 4.74 Å². The van der Waals surface area contributed by atoms with Gasteiger partial charge in [-0.2, -0.15) is 0 Å². The first-order valence-electron chi connectivity index (χ1n) is 9.07. The molecule has 0 saturated carbocycles. The average Bonchev–Trinajstić information content (AvgIpc) is 2.68. The van der Waals surface area contributed by atoms with E-state index in [0.717, 1.165) is 43.5 Å². The molecule has 0 amide bonds. The largest absolute Gasteiger partial charge is 0.492 e. The molecule has 0 fully saturated rings. The predicted molar refractivity (Wildman–Crippen MR) is 108 cm³/mol. The van der Waals surface area contributed by atoms with Gasteiger partial charge in [0.1, 0.15) is 18.2 Å². The monoisotopic (exact) mass is 355 g/mol. The van der Waals surface area contributed by atoms with Gasteiger partial charge in [0.25, 0.3) is 0 Å². The van der Waals surface area contributed by atoms with E-state index in [2.05, 4.69) is 32.9 Å². The zero-order chi connectivity index (χ0) is 18.5. The molecule has 1 aromatic heterocycles. The number of rotatable bonds is 10. The molecular formula is C20H29N5O. The highest BCUT2D eigenvalue weighted by Gasteiger charge is 1.98. The summed E-state index contributed by atoms with van der Waals surface area (Å²) in [6, 6.07) is 13.9. The van der Waals surface area contributed by atoms with Gasteiger partial charge in [0.15, 0.2) is 5.96 Å². The lowest BCUT2D eigenvalue weighted by molar-refractivity contribution is 0.322. The molecular weight excluding hydrogens is 326 g/mol. The van der Waals surface area contributed by atoms with E-state index >= 15 is 0 Å². The van der Waals surface area contributed by atoms with Gasteiger partial charge in [-0.1, -0.05) is 23.8 Å². The number of nitrogens with zero attached hydrogens (tertiary/aromatic N) is 2. The molecule has 0 bridgehead atoms. The van der Waals surface area contributed by atoms with Crippen molar-refractivity contribution in [3.63, 3.8) is 0 Å². The quantitative estimate of drug-likeness (QED) is 0.347. The summed E-state index contributed by atoms with van der Waals surface area (Å²) in [5.41, 5.74) is 1.23. The number of hydrogen-bond donors (Lipinski definition) is 3. The normalized spacial score (nSPS) is 11.1. The van der Waals surface area contributed by atoms with Crippen LogP contribution < -0.4 is 20.7 Å². The van der Waals surface area contributed by atoms with Gasteiger partial charge >= 0.3 is 0 Å². The number of benzene rings is 1. The van der Waals surface area contributed by atoms with Crippen LogP contribution in [0.2, 0.25) is 0 Å². The fraction of sp³-hybridized carbons (Fsp3) is 0.400. The lowest BCUT2D eigenvalue weighted by Gasteiger charge is -2.12. The minimum Gasteiger partial charge on any atom is -0.492 e. The molecule has 1 aromatic carbocycles. The molecule has 6 nitrogen and oxygen atoms in total. The highest BCUT2D eigenvalue weighted by atomic mass is 16.5. The zero-order valence-corrected chi connectivity index (χ0v) is 15.7. The second-order valence-corrected chi connectivity index (χ2v) is 5.94. The maximum atomic E-state index is 5.70. The Morgan fingerprint density at radius 1 is 1.00 bits per heavy atom. The fourth-order valence-corrected chi connectivity index (χ4v) is 2.33. The minimum absolute atomic E-state index is 0.595. The van der Waals surface area contributed by atoms with Crippen LogP contribution in [0, 0.1) is 6.92 Å². The Morgan fingerprint density at radius 2 is 1.77 bits per heavy atom. The number of aryl methyl sites for hydroxylation is 1. The van der Waals surface area contributed by atoms with Crippen molar-refractivity contribution in [2.75, 3.05) is 38.6 Å². The molecule has 2 rings (SSSR count). The SMILES string of the molecule is CN=C(NCCCCNc1ccccn1)NCCOc1ccc(C)cc1. The van der Waals surface area contributed by atoms with E-state index in [9.17, 15) is 0 Å². The van der Waals surface area contributed by atoms with Crippen LogP contribution in [0.1, 0.15) is 18.4 Å². The molecule has 0 atom stereocenters. The Labute approximate surface area is 156 Å². The van der Waals surface area contributed by atoms with Gasteiger partial charge in [-0.05, 0) is 44.0 Å². The third kappa shape index (κ3) is 7.88. The van der Waals surface area contributed by atoms with Crippen LogP contribution in [0.5, 0.6) is 5.75 Å². The van der Waals surface area contributed by atoms with E-state index in [1.54, 1.807) is 13.2 Å². The maximum Gasteiger partial charge on any atom is 0.191 e. The number of aliphatic imine (C=N–C) groups is 1. The van der Waals surface area contributed by atoms with Crippen molar-refractivity contribution >= 4 is 11.8 Å². The predicted octanol–water partition coefficient (Wildman–Crippen LogP) is 2.83. The fourth-order valence-electron chi connectivity index (χ4n) is 2.33. The molecule has 3 N–H and O–H groups in total. The molecule has 0 spiro atoms. The zero-order valence-electron chi connectivity index (χ0n) is 15.7. The van der Waals surface area contributed by atoms with Gasteiger partial charge < -0.3 is 20.7 Å². The van der Waals surface area contributed by atoms with Gasteiger partial charge in [-0.15, -0.1) is 0 Å². The summed E-state index contributed by atoms with van der Waals surface area (Å²) in [7, 11) is 1.78. The van der Waals surface area contributed by atoms with E-state index in [0.29, 0.717) is 13.2 Å². The molecule has 0 aliphatic heterocycles. The summed E-state index contributed by atoms with van der Waals surface area (Å²) in [5.74, 6) is 2.61. The van der Waals surface area contributed by atoms with E-state index in [-0.39, 0.29) is 0 Å². The Bertz CT molecular complexity index is 643. The molecule has 0 saturated heterocycles. The van der Waals surface area contributed by atoms with Crippen molar-refractivity contribution in [3.8, 4) is 5.75 Å². The first kappa shape index (κ1) is 19.6. The molecule has 1 heterocycles. The first-order chi connectivity index (χ1) is 12.8. The molecule has 26 heavy (non-hydrogen) atoms. The van der Waals surface area contributed by atoms with Crippen molar-refractivity contribution < 1.29 is 4.74 Å². The number of unbranched alkanes of at least 4 members (excludes halogenated alkanes) is 1. The van der Waals surface area contributed by atoms with Gasteiger partial charge in [0.05, 0.1) is 6.54 Å². The highest BCUT2D eigenvalue weighted by molar-refractivity contribution is 5.79. The Morgan fingerprint density at radius 3 is 2.50 bits per heavy atom. The Kier molecular flexibility index (Phi) is 8.83. The number of anilines is 1. The van der Waals surface area contributed by atoms with Crippen molar-refractivity contribution in [2.24, 2.45) is 4.99 Å². The summed E-state index contributed by atoms with van der Waals surface area (Å²) in [5, 5.41) is 9.88. The molecule has 0 aliphatic carbocycles. The van der Waals surface area contributed by atoms with Crippen molar-refractivity contribution in [2.45, 2.75) is 19.8 Å². The number of nitrogens with one attached hydrogen (secondary N) is 3.